The Morgan fingerprint density at radius 2 is 2.17 bits per heavy atom. The molecule has 1 aromatic rings. The minimum Gasteiger partial charge on any atom is -0.497 e. The number of ether oxygens (including phenoxy) is 2. The lowest BCUT2D eigenvalue weighted by Crippen LogP contribution is -2.48. The molecule has 0 bridgehead atoms. The first-order valence-corrected chi connectivity index (χ1v) is 5.73. The van der Waals surface area contributed by atoms with Gasteiger partial charge in [-0.05, 0) is 19.1 Å². The number of hydrogen-bond donors (Lipinski definition) is 2. The molecule has 5 heteroatoms. The lowest BCUT2D eigenvalue weighted by Gasteiger charge is -2.28. The minimum atomic E-state index is -0.845. The number of carbonyl (C=O) groups is 1. The summed E-state index contributed by atoms with van der Waals surface area (Å²) in [5.41, 5.74) is 5.38. The summed E-state index contributed by atoms with van der Waals surface area (Å²) in [7, 11) is 3.18. The topological polar surface area (TPSA) is 73.6 Å². The van der Waals surface area contributed by atoms with Crippen LogP contribution in [0.25, 0.3) is 0 Å². The Labute approximate surface area is 107 Å². The van der Waals surface area contributed by atoms with Gasteiger partial charge >= 0.3 is 0 Å². The van der Waals surface area contributed by atoms with E-state index >= 15 is 0 Å². The second kappa shape index (κ2) is 6.26. The van der Waals surface area contributed by atoms with Crippen molar-refractivity contribution in [3.8, 4) is 5.75 Å². The molecule has 0 radical (unpaired) electrons. The van der Waals surface area contributed by atoms with Crippen LogP contribution in [0.1, 0.15) is 13.3 Å². The average Bonchev–Trinajstić information content (AvgIpc) is 2.36. The van der Waals surface area contributed by atoms with Crippen LogP contribution in [0.2, 0.25) is 0 Å². The Morgan fingerprint density at radius 1 is 1.44 bits per heavy atom. The van der Waals surface area contributed by atoms with Crippen molar-refractivity contribution in [2.45, 2.75) is 18.9 Å². The van der Waals surface area contributed by atoms with Gasteiger partial charge in [0.2, 0.25) is 5.91 Å². The van der Waals surface area contributed by atoms with Crippen molar-refractivity contribution in [1.29, 1.82) is 0 Å². The summed E-state index contributed by atoms with van der Waals surface area (Å²) < 4.78 is 10.1. The van der Waals surface area contributed by atoms with Crippen LogP contribution in [0, 0.1) is 0 Å². The molecule has 0 saturated heterocycles. The van der Waals surface area contributed by atoms with Gasteiger partial charge < -0.3 is 20.5 Å². The Morgan fingerprint density at radius 3 is 2.72 bits per heavy atom. The van der Waals surface area contributed by atoms with Gasteiger partial charge in [-0.1, -0.05) is 6.07 Å². The van der Waals surface area contributed by atoms with E-state index in [1.54, 1.807) is 21.1 Å². The number of rotatable bonds is 7. The molecule has 3 N–H and O–H groups in total. The van der Waals surface area contributed by atoms with Gasteiger partial charge in [-0.15, -0.1) is 0 Å². The van der Waals surface area contributed by atoms with Crippen LogP contribution in [0.5, 0.6) is 5.75 Å². The first-order chi connectivity index (χ1) is 8.51. The summed E-state index contributed by atoms with van der Waals surface area (Å²) in [6, 6.07) is 7.35. The van der Waals surface area contributed by atoms with Gasteiger partial charge in [-0.25, -0.2) is 0 Å². The maximum absolute atomic E-state index is 11.6. The number of primary amides is 1. The highest BCUT2D eigenvalue weighted by atomic mass is 16.5. The molecule has 0 heterocycles. The van der Waals surface area contributed by atoms with Gasteiger partial charge in [0, 0.05) is 31.9 Å². The molecule has 0 fully saturated rings. The molecule has 1 aromatic carbocycles. The molecule has 5 nitrogen and oxygen atoms in total. The maximum Gasteiger partial charge on any atom is 0.242 e. The number of benzene rings is 1. The highest BCUT2D eigenvalue weighted by Gasteiger charge is 2.30. The first kappa shape index (κ1) is 14.3. The predicted octanol–water partition coefficient (Wildman–Crippen LogP) is 1.39. The van der Waals surface area contributed by atoms with E-state index in [4.69, 9.17) is 15.2 Å². The smallest absolute Gasteiger partial charge is 0.242 e. The number of nitrogens with one attached hydrogen (secondary N) is 1. The van der Waals surface area contributed by atoms with Gasteiger partial charge in [0.05, 0.1) is 7.11 Å². The van der Waals surface area contributed by atoms with Crippen LogP contribution in [-0.2, 0) is 9.53 Å². The second-order valence-corrected chi connectivity index (χ2v) is 4.30. The molecule has 100 valence electrons. The van der Waals surface area contributed by atoms with E-state index in [0.29, 0.717) is 13.0 Å². The molecule has 18 heavy (non-hydrogen) atoms. The van der Waals surface area contributed by atoms with Crippen molar-refractivity contribution in [1.82, 2.24) is 0 Å². The van der Waals surface area contributed by atoms with E-state index in [1.165, 1.54) is 0 Å². The molecule has 0 aromatic heterocycles. The summed E-state index contributed by atoms with van der Waals surface area (Å²) in [6.07, 6.45) is 0.496. The second-order valence-electron chi connectivity index (χ2n) is 4.30. The quantitative estimate of drug-likeness (QED) is 0.769. The highest BCUT2D eigenvalue weighted by molar-refractivity contribution is 5.87. The fraction of sp³-hybridized carbons (Fsp3) is 0.462. The monoisotopic (exact) mass is 252 g/mol. The number of anilines is 1. The molecule has 1 unspecified atom stereocenters. The van der Waals surface area contributed by atoms with E-state index in [0.717, 1.165) is 11.4 Å². The number of carbonyl (C=O) groups excluding carboxylic acids is 1. The number of methoxy groups -OCH3 is 2. The Hall–Kier alpha value is -1.75. The summed E-state index contributed by atoms with van der Waals surface area (Å²) in [6.45, 7) is 2.21. The summed E-state index contributed by atoms with van der Waals surface area (Å²) in [5, 5.41) is 3.13. The maximum atomic E-state index is 11.6. The lowest BCUT2D eigenvalue weighted by atomic mass is 9.97. The van der Waals surface area contributed by atoms with Gasteiger partial charge in [0.25, 0.3) is 0 Å². The van der Waals surface area contributed by atoms with Crippen LogP contribution < -0.4 is 15.8 Å². The van der Waals surface area contributed by atoms with Crippen molar-refractivity contribution in [3.63, 3.8) is 0 Å². The van der Waals surface area contributed by atoms with Crippen LogP contribution in [0.4, 0.5) is 5.69 Å². The molecule has 1 atom stereocenters. The van der Waals surface area contributed by atoms with Gasteiger partial charge in [0.1, 0.15) is 11.3 Å². The third kappa shape index (κ3) is 3.63. The van der Waals surface area contributed by atoms with Crippen molar-refractivity contribution >= 4 is 11.6 Å². The SMILES string of the molecule is COCCC(C)(Nc1cccc(OC)c1)C(N)=O. The molecular formula is C13H20N2O3. The van der Waals surface area contributed by atoms with Crippen LogP contribution in [0.3, 0.4) is 0 Å². The van der Waals surface area contributed by atoms with Crippen molar-refractivity contribution in [2.24, 2.45) is 5.73 Å². The Bertz CT molecular complexity index is 409. The van der Waals surface area contributed by atoms with Crippen LogP contribution in [0.15, 0.2) is 24.3 Å². The lowest BCUT2D eigenvalue weighted by molar-refractivity contribution is -0.122. The third-order valence-corrected chi connectivity index (χ3v) is 2.84. The summed E-state index contributed by atoms with van der Waals surface area (Å²) >= 11 is 0. The highest BCUT2D eigenvalue weighted by Crippen LogP contribution is 2.22. The molecule has 0 spiro atoms. The minimum absolute atomic E-state index is 0.414. The van der Waals surface area contributed by atoms with E-state index in [-0.39, 0.29) is 0 Å². The van der Waals surface area contributed by atoms with E-state index in [9.17, 15) is 4.79 Å². The zero-order valence-electron chi connectivity index (χ0n) is 11.0. The van der Waals surface area contributed by atoms with E-state index in [2.05, 4.69) is 5.32 Å². The fourth-order valence-electron chi connectivity index (χ4n) is 1.57. The summed E-state index contributed by atoms with van der Waals surface area (Å²) in [4.78, 5) is 11.6. The first-order valence-electron chi connectivity index (χ1n) is 5.73. The third-order valence-electron chi connectivity index (χ3n) is 2.84. The molecule has 0 aliphatic rings. The molecule has 0 saturated carbocycles. The molecule has 0 aliphatic carbocycles. The zero-order chi connectivity index (χ0) is 13.6. The number of amides is 1. The van der Waals surface area contributed by atoms with Gasteiger partial charge in [-0.2, -0.15) is 0 Å². The standard InChI is InChI=1S/C13H20N2O3/c1-13(12(14)16,7-8-17-2)15-10-5-4-6-11(9-10)18-3/h4-6,9,15H,7-8H2,1-3H3,(H2,14,16). The number of nitrogens with two attached hydrogens (primary N) is 1. The van der Waals surface area contributed by atoms with Gasteiger partial charge in [-0.3, -0.25) is 4.79 Å². The van der Waals surface area contributed by atoms with Crippen molar-refractivity contribution < 1.29 is 14.3 Å². The van der Waals surface area contributed by atoms with E-state index in [1.807, 2.05) is 24.3 Å². The van der Waals surface area contributed by atoms with Crippen molar-refractivity contribution in [3.05, 3.63) is 24.3 Å². The average molecular weight is 252 g/mol. The largest absolute Gasteiger partial charge is 0.497 e. The number of hydrogen-bond acceptors (Lipinski definition) is 4. The predicted molar refractivity (Wildman–Crippen MR) is 70.7 cm³/mol. The van der Waals surface area contributed by atoms with Crippen molar-refractivity contribution in [2.75, 3.05) is 26.1 Å². The molecule has 1 amide bonds. The van der Waals surface area contributed by atoms with Crippen LogP contribution in [-0.4, -0.2) is 32.3 Å². The summed E-state index contributed by atoms with van der Waals surface area (Å²) in [5.74, 6) is 0.306. The van der Waals surface area contributed by atoms with Crippen LogP contribution >= 0.6 is 0 Å². The zero-order valence-corrected chi connectivity index (χ0v) is 11.0. The molecule has 1 rings (SSSR count). The fourth-order valence-corrected chi connectivity index (χ4v) is 1.57. The Balaban J connectivity index is 2.85. The van der Waals surface area contributed by atoms with Gasteiger partial charge in [0.15, 0.2) is 0 Å². The normalized spacial score (nSPS) is 13.7. The molecular weight excluding hydrogens is 232 g/mol. The molecule has 0 aliphatic heterocycles. The Kier molecular flexibility index (Phi) is 4.97. The van der Waals surface area contributed by atoms with E-state index < -0.39 is 11.4 Å².